The van der Waals surface area contributed by atoms with Gasteiger partial charge < -0.3 is 4.74 Å². The Morgan fingerprint density at radius 2 is 2.21 bits per heavy atom. The number of alkyl halides is 1. The maximum Gasteiger partial charge on any atom is 0.142 e. The highest BCUT2D eigenvalue weighted by atomic mass is 35.5. The molecule has 2 nitrogen and oxygen atoms in total. The minimum Gasteiger partial charge on any atom is -0.488 e. The largest absolute Gasteiger partial charge is 0.488 e. The molecule has 0 saturated heterocycles. The molecule has 3 atom stereocenters. The lowest BCUT2D eigenvalue weighted by Gasteiger charge is -2.39. The second kappa shape index (κ2) is 4.37. The Morgan fingerprint density at radius 1 is 1.42 bits per heavy atom. The average Bonchev–Trinajstić information content (AvgIpc) is 2.72. The summed E-state index contributed by atoms with van der Waals surface area (Å²) in [6.45, 7) is 7.20. The fourth-order valence-electron chi connectivity index (χ4n) is 4.09. The lowest BCUT2D eigenvalue weighted by atomic mass is 9.70. The van der Waals surface area contributed by atoms with Crippen molar-refractivity contribution in [2.24, 2.45) is 16.7 Å². The first-order valence-electron chi connectivity index (χ1n) is 7.14. The number of rotatable bonds is 3. The van der Waals surface area contributed by atoms with Crippen molar-refractivity contribution in [2.45, 2.75) is 52.0 Å². The fraction of sp³-hybridized carbons (Fsp3) is 0.688. The van der Waals surface area contributed by atoms with Gasteiger partial charge in [0.25, 0.3) is 0 Å². The molecule has 3 unspecified atom stereocenters. The Hall–Kier alpha value is -0.760. The summed E-state index contributed by atoms with van der Waals surface area (Å²) in [6, 6.07) is 1.95. The van der Waals surface area contributed by atoms with Crippen LogP contribution in [0.15, 0.2) is 18.5 Å². The van der Waals surface area contributed by atoms with E-state index in [0.29, 0.717) is 17.4 Å². The maximum absolute atomic E-state index is 6.32. The third-order valence-corrected chi connectivity index (χ3v) is 6.29. The Labute approximate surface area is 120 Å². The van der Waals surface area contributed by atoms with E-state index in [1.165, 1.54) is 19.3 Å². The first-order valence-corrected chi connectivity index (χ1v) is 7.68. The highest BCUT2D eigenvalue weighted by Crippen LogP contribution is 2.66. The van der Waals surface area contributed by atoms with Gasteiger partial charge in [-0.25, -0.2) is 0 Å². The molecule has 0 amide bonds. The maximum atomic E-state index is 6.32. The van der Waals surface area contributed by atoms with Crippen LogP contribution in [0.2, 0.25) is 0 Å². The van der Waals surface area contributed by atoms with Gasteiger partial charge in [0.2, 0.25) is 0 Å². The van der Waals surface area contributed by atoms with Crippen molar-refractivity contribution in [3.8, 4) is 5.75 Å². The van der Waals surface area contributed by atoms with Crippen molar-refractivity contribution in [2.75, 3.05) is 0 Å². The van der Waals surface area contributed by atoms with Crippen LogP contribution in [0.4, 0.5) is 0 Å². The molecule has 0 radical (unpaired) electrons. The van der Waals surface area contributed by atoms with Gasteiger partial charge in [-0.05, 0) is 36.7 Å². The Morgan fingerprint density at radius 3 is 2.79 bits per heavy atom. The summed E-state index contributed by atoms with van der Waals surface area (Å²) in [5.74, 6) is 2.14. The molecule has 0 spiro atoms. The molecule has 2 bridgehead atoms. The zero-order valence-electron chi connectivity index (χ0n) is 11.9. The molecular formula is C16H22ClNO. The van der Waals surface area contributed by atoms with E-state index in [0.717, 1.165) is 17.2 Å². The van der Waals surface area contributed by atoms with Crippen LogP contribution in [-0.4, -0.2) is 11.1 Å². The van der Waals surface area contributed by atoms with Crippen LogP contribution in [0.1, 0.15) is 45.6 Å². The van der Waals surface area contributed by atoms with Gasteiger partial charge in [-0.3, -0.25) is 4.98 Å². The highest BCUT2D eigenvalue weighted by Gasteiger charge is 2.62. The van der Waals surface area contributed by atoms with Gasteiger partial charge in [0.05, 0.1) is 12.1 Å². The van der Waals surface area contributed by atoms with Crippen molar-refractivity contribution in [3.05, 3.63) is 24.0 Å². The highest BCUT2D eigenvalue weighted by molar-refractivity contribution is 6.17. The second-order valence-electron chi connectivity index (χ2n) is 6.83. The first-order chi connectivity index (χ1) is 8.99. The van der Waals surface area contributed by atoms with Crippen LogP contribution in [0, 0.1) is 16.7 Å². The number of halogens is 1. The molecule has 2 saturated carbocycles. The summed E-state index contributed by atoms with van der Waals surface area (Å²) in [6.07, 6.45) is 7.66. The normalized spacial score (nSPS) is 35.6. The molecule has 19 heavy (non-hydrogen) atoms. The molecule has 0 N–H and O–H groups in total. The second-order valence-corrected chi connectivity index (χ2v) is 7.10. The van der Waals surface area contributed by atoms with Crippen LogP contribution in [0.5, 0.6) is 5.75 Å². The average molecular weight is 280 g/mol. The van der Waals surface area contributed by atoms with E-state index in [1.807, 2.05) is 6.07 Å². The summed E-state index contributed by atoms with van der Waals surface area (Å²) >= 11 is 5.98. The number of nitrogens with zero attached hydrogens (tertiary/aromatic N) is 1. The van der Waals surface area contributed by atoms with Crippen molar-refractivity contribution >= 4 is 11.6 Å². The van der Waals surface area contributed by atoms with Crippen LogP contribution in [0.25, 0.3) is 0 Å². The summed E-state index contributed by atoms with van der Waals surface area (Å²) in [5.41, 5.74) is 1.69. The van der Waals surface area contributed by atoms with E-state index in [9.17, 15) is 0 Å². The van der Waals surface area contributed by atoms with Crippen molar-refractivity contribution < 1.29 is 4.74 Å². The number of hydrogen-bond acceptors (Lipinski definition) is 2. The van der Waals surface area contributed by atoms with E-state index in [-0.39, 0.29) is 5.41 Å². The van der Waals surface area contributed by atoms with Gasteiger partial charge >= 0.3 is 0 Å². The van der Waals surface area contributed by atoms with Crippen LogP contribution < -0.4 is 4.74 Å². The molecule has 2 fully saturated rings. The summed E-state index contributed by atoms with van der Waals surface area (Å²) in [7, 11) is 0. The smallest absolute Gasteiger partial charge is 0.142 e. The Kier molecular flexibility index (Phi) is 3.05. The molecule has 1 aromatic rings. The lowest BCUT2D eigenvalue weighted by Crippen LogP contribution is -2.39. The van der Waals surface area contributed by atoms with Gasteiger partial charge in [0, 0.05) is 17.2 Å². The monoisotopic (exact) mass is 279 g/mol. The molecule has 1 heterocycles. The van der Waals surface area contributed by atoms with Gasteiger partial charge in [0.15, 0.2) is 0 Å². The molecule has 3 heteroatoms. The van der Waals surface area contributed by atoms with E-state index >= 15 is 0 Å². The predicted octanol–water partition coefficient (Wildman–Crippen LogP) is 4.41. The molecule has 0 aromatic carbocycles. The third kappa shape index (κ3) is 1.79. The van der Waals surface area contributed by atoms with E-state index in [4.69, 9.17) is 16.3 Å². The molecule has 0 aliphatic heterocycles. The number of pyridine rings is 1. The number of ether oxygens (including phenoxy) is 1. The molecule has 3 rings (SSSR count). The van der Waals surface area contributed by atoms with E-state index in [2.05, 4.69) is 25.8 Å². The minimum atomic E-state index is 0.275. The van der Waals surface area contributed by atoms with E-state index in [1.54, 1.807) is 12.4 Å². The Balaban J connectivity index is 1.86. The van der Waals surface area contributed by atoms with Crippen LogP contribution >= 0.6 is 11.6 Å². The van der Waals surface area contributed by atoms with Gasteiger partial charge in [-0.1, -0.05) is 20.8 Å². The quantitative estimate of drug-likeness (QED) is 0.765. The van der Waals surface area contributed by atoms with Crippen molar-refractivity contribution in [1.29, 1.82) is 0 Å². The molecule has 2 aliphatic rings. The van der Waals surface area contributed by atoms with Crippen molar-refractivity contribution in [3.63, 3.8) is 0 Å². The van der Waals surface area contributed by atoms with Gasteiger partial charge in [-0.2, -0.15) is 0 Å². The molecule has 2 aliphatic carbocycles. The zero-order chi connectivity index (χ0) is 13.7. The minimum absolute atomic E-state index is 0.275. The number of aromatic nitrogens is 1. The number of hydrogen-bond donors (Lipinski definition) is 0. The van der Waals surface area contributed by atoms with Gasteiger partial charge in [-0.15, -0.1) is 11.6 Å². The van der Waals surface area contributed by atoms with E-state index < -0.39 is 0 Å². The predicted molar refractivity (Wildman–Crippen MR) is 77.4 cm³/mol. The van der Waals surface area contributed by atoms with Crippen LogP contribution in [0.3, 0.4) is 0 Å². The summed E-state index contributed by atoms with van der Waals surface area (Å²) < 4.78 is 6.32. The third-order valence-electron chi connectivity index (χ3n) is 6.00. The van der Waals surface area contributed by atoms with Gasteiger partial charge in [0.1, 0.15) is 11.9 Å². The molecular weight excluding hydrogens is 258 g/mol. The standard InChI is InChI=1S/C16H22ClNO/c1-15(2)12-4-6-16(15,3)14(8-12)19-13-10-18-7-5-11(13)9-17/h5,7,10,12,14H,4,6,8-9H2,1-3H3. The Bertz CT molecular complexity index is 487. The van der Waals surface area contributed by atoms with Crippen molar-refractivity contribution in [1.82, 2.24) is 4.98 Å². The van der Waals surface area contributed by atoms with Crippen LogP contribution in [-0.2, 0) is 5.88 Å². The molecule has 1 aromatic heterocycles. The number of fused-ring (bicyclic) bond motifs is 2. The zero-order valence-corrected chi connectivity index (χ0v) is 12.7. The summed E-state index contributed by atoms with van der Waals surface area (Å²) in [5, 5.41) is 0. The summed E-state index contributed by atoms with van der Waals surface area (Å²) in [4.78, 5) is 4.17. The topological polar surface area (TPSA) is 22.1 Å². The fourth-order valence-corrected chi connectivity index (χ4v) is 4.31. The first kappa shape index (κ1) is 13.2. The lowest BCUT2D eigenvalue weighted by molar-refractivity contribution is 0.0295. The SMILES string of the molecule is CC1(C)C2CCC1(C)C(Oc1cnccc1CCl)C2. The molecule has 104 valence electrons.